The van der Waals surface area contributed by atoms with E-state index < -0.39 is 17.5 Å². The molecule has 1 N–H and O–H groups in total. The van der Waals surface area contributed by atoms with Crippen LogP contribution in [-0.2, 0) is 0 Å². The molecule has 0 fully saturated rings. The van der Waals surface area contributed by atoms with Gasteiger partial charge in [0.1, 0.15) is 11.6 Å². The Kier molecular flexibility index (Phi) is 4.17. The minimum Gasteiger partial charge on any atom is -0.319 e. The molecule has 0 aliphatic heterocycles. The van der Waals surface area contributed by atoms with Gasteiger partial charge in [-0.3, -0.25) is 4.79 Å². The SMILES string of the molecule is O=C(Nc1ccc(Cl)cc1F)c1ccc(Br)cc1F. The van der Waals surface area contributed by atoms with Crippen molar-refractivity contribution in [3.63, 3.8) is 0 Å². The Morgan fingerprint density at radius 2 is 1.84 bits per heavy atom. The quantitative estimate of drug-likeness (QED) is 0.844. The zero-order valence-corrected chi connectivity index (χ0v) is 11.7. The first-order valence-electron chi connectivity index (χ1n) is 5.19. The lowest BCUT2D eigenvalue weighted by Gasteiger charge is -2.07. The third-order valence-electron chi connectivity index (χ3n) is 2.36. The summed E-state index contributed by atoms with van der Waals surface area (Å²) in [6, 6.07) is 7.80. The van der Waals surface area contributed by atoms with Gasteiger partial charge in [-0.05, 0) is 36.4 Å². The lowest BCUT2D eigenvalue weighted by Crippen LogP contribution is -2.14. The van der Waals surface area contributed by atoms with Crippen LogP contribution in [0.1, 0.15) is 10.4 Å². The summed E-state index contributed by atoms with van der Waals surface area (Å²) in [5, 5.41) is 2.50. The Labute approximate surface area is 121 Å². The van der Waals surface area contributed by atoms with Crippen LogP contribution in [-0.4, -0.2) is 5.91 Å². The third kappa shape index (κ3) is 3.30. The van der Waals surface area contributed by atoms with E-state index in [0.29, 0.717) is 4.47 Å². The van der Waals surface area contributed by atoms with E-state index in [2.05, 4.69) is 21.2 Å². The summed E-state index contributed by atoms with van der Waals surface area (Å²) >= 11 is 8.68. The topological polar surface area (TPSA) is 29.1 Å². The summed E-state index contributed by atoms with van der Waals surface area (Å²) in [6.07, 6.45) is 0. The highest BCUT2D eigenvalue weighted by Crippen LogP contribution is 2.21. The van der Waals surface area contributed by atoms with E-state index >= 15 is 0 Å². The van der Waals surface area contributed by atoms with Gasteiger partial charge in [-0.1, -0.05) is 27.5 Å². The molecular formula is C13H7BrClF2NO. The van der Waals surface area contributed by atoms with Crippen molar-refractivity contribution in [2.45, 2.75) is 0 Å². The molecule has 2 aromatic carbocycles. The van der Waals surface area contributed by atoms with Gasteiger partial charge in [-0.25, -0.2) is 8.78 Å². The van der Waals surface area contributed by atoms with Gasteiger partial charge in [0.15, 0.2) is 0 Å². The molecule has 6 heteroatoms. The van der Waals surface area contributed by atoms with Crippen LogP contribution in [0.4, 0.5) is 14.5 Å². The fourth-order valence-electron chi connectivity index (χ4n) is 1.45. The molecule has 0 aromatic heterocycles. The van der Waals surface area contributed by atoms with Crippen LogP contribution in [0.5, 0.6) is 0 Å². The summed E-state index contributed by atoms with van der Waals surface area (Å²) in [4.78, 5) is 11.8. The van der Waals surface area contributed by atoms with Crippen molar-refractivity contribution >= 4 is 39.1 Å². The number of amides is 1. The van der Waals surface area contributed by atoms with E-state index in [1.807, 2.05) is 0 Å². The smallest absolute Gasteiger partial charge is 0.258 e. The summed E-state index contributed by atoms with van der Waals surface area (Å²) < 4.78 is 27.6. The third-order valence-corrected chi connectivity index (χ3v) is 3.08. The van der Waals surface area contributed by atoms with Crippen LogP contribution in [0.2, 0.25) is 5.02 Å². The van der Waals surface area contributed by atoms with Crippen LogP contribution in [0.15, 0.2) is 40.9 Å². The predicted molar refractivity (Wildman–Crippen MR) is 73.5 cm³/mol. The van der Waals surface area contributed by atoms with E-state index in [4.69, 9.17) is 11.6 Å². The van der Waals surface area contributed by atoms with Gasteiger partial charge in [-0.15, -0.1) is 0 Å². The van der Waals surface area contributed by atoms with Crippen molar-refractivity contribution in [3.8, 4) is 0 Å². The highest BCUT2D eigenvalue weighted by Gasteiger charge is 2.14. The number of rotatable bonds is 2. The van der Waals surface area contributed by atoms with E-state index in [9.17, 15) is 13.6 Å². The average Bonchev–Trinajstić information content (AvgIpc) is 2.32. The maximum absolute atomic E-state index is 13.6. The Bertz CT molecular complexity index is 649. The molecule has 2 nitrogen and oxygen atoms in total. The molecule has 0 aliphatic carbocycles. The monoisotopic (exact) mass is 345 g/mol. The van der Waals surface area contributed by atoms with Crippen molar-refractivity contribution in [2.75, 3.05) is 5.32 Å². The molecule has 98 valence electrons. The summed E-state index contributed by atoms with van der Waals surface area (Å²) in [5.41, 5.74) is -0.228. The van der Waals surface area contributed by atoms with Crippen molar-refractivity contribution in [3.05, 3.63) is 63.1 Å². The molecule has 0 radical (unpaired) electrons. The van der Waals surface area contributed by atoms with Crippen molar-refractivity contribution in [1.29, 1.82) is 0 Å². The molecule has 2 rings (SSSR count). The van der Waals surface area contributed by atoms with Crippen LogP contribution >= 0.6 is 27.5 Å². The number of hydrogen-bond acceptors (Lipinski definition) is 1. The van der Waals surface area contributed by atoms with Gasteiger partial charge < -0.3 is 5.32 Å². The summed E-state index contributed by atoms with van der Waals surface area (Å²) in [7, 11) is 0. The summed E-state index contributed by atoms with van der Waals surface area (Å²) in [5.74, 6) is -2.11. The lowest BCUT2D eigenvalue weighted by molar-refractivity contribution is 0.102. The minimum absolute atomic E-state index is 0.0586. The maximum Gasteiger partial charge on any atom is 0.258 e. The Hall–Kier alpha value is -1.46. The number of benzene rings is 2. The van der Waals surface area contributed by atoms with Crippen molar-refractivity contribution in [2.24, 2.45) is 0 Å². The van der Waals surface area contributed by atoms with Crippen molar-refractivity contribution in [1.82, 2.24) is 0 Å². The second-order valence-corrected chi connectivity index (χ2v) is 5.05. The number of anilines is 1. The largest absolute Gasteiger partial charge is 0.319 e. The zero-order chi connectivity index (χ0) is 14.0. The van der Waals surface area contributed by atoms with Crippen molar-refractivity contribution < 1.29 is 13.6 Å². The number of carbonyl (C=O) groups excluding carboxylic acids is 1. The second-order valence-electron chi connectivity index (χ2n) is 3.70. The van der Waals surface area contributed by atoms with Gasteiger partial charge in [-0.2, -0.15) is 0 Å². The fourth-order valence-corrected chi connectivity index (χ4v) is 1.95. The molecule has 0 spiro atoms. The Morgan fingerprint density at radius 1 is 1.11 bits per heavy atom. The van der Waals surface area contributed by atoms with Gasteiger partial charge in [0.2, 0.25) is 0 Å². The van der Waals surface area contributed by atoms with E-state index in [-0.39, 0.29) is 16.3 Å². The molecule has 2 aromatic rings. The van der Waals surface area contributed by atoms with Crippen LogP contribution in [0.3, 0.4) is 0 Å². The molecule has 0 aliphatic rings. The van der Waals surface area contributed by atoms with Crippen LogP contribution in [0, 0.1) is 11.6 Å². The first-order chi connectivity index (χ1) is 8.97. The van der Waals surface area contributed by atoms with Crippen LogP contribution in [0.25, 0.3) is 0 Å². The average molecular weight is 347 g/mol. The van der Waals surface area contributed by atoms with E-state index in [0.717, 1.165) is 12.1 Å². The first-order valence-corrected chi connectivity index (χ1v) is 6.36. The molecule has 0 unspecified atom stereocenters. The highest BCUT2D eigenvalue weighted by atomic mass is 79.9. The Morgan fingerprint density at radius 3 is 2.47 bits per heavy atom. The van der Waals surface area contributed by atoms with E-state index in [1.165, 1.54) is 24.3 Å². The summed E-state index contributed by atoms with van der Waals surface area (Å²) in [6.45, 7) is 0. The minimum atomic E-state index is -0.730. The number of hydrogen-bond donors (Lipinski definition) is 1. The standard InChI is InChI=1S/C13H7BrClF2NO/c14-7-1-3-9(10(16)5-7)13(19)18-12-4-2-8(15)6-11(12)17/h1-6H,(H,18,19). The van der Waals surface area contributed by atoms with Gasteiger partial charge in [0, 0.05) is 9.50 Å². The van der Waals surface area contributed by atoms with Gasteiger partial charge >= 0.3 is 0 Å². The number of carbonyl (C=O) groups is 1. The molecule has 0 saturated carbocycles. The van der Waals surface area contributed by atoms with E-state index in [1.54, 1.807) is 0 Å². The lowest BCUT2D eigenvalue weighted by atomic mass is 10.2. The molecule has 1 amide bonds. The number of nitrogens with one attached hydrogen (secondary N) is 1. The predicted octanol–water partition coefficient (Wildman–Crippen LogP) is 4.63. The molecule has 19 heavy (non-hydrogen) atoms. The zero-order valence-electron chi connectivity index (χ0n) is 9.38. The van der Waals surface area contributed by atoms with Gasteiger partial charge in [0.05, 0.1) is 11.3 Å². The Balaban J connectivity index is 2.25. The highest BCUT2D eigenvalue weighted by molar-refractivity contribution is 9.10. The molecule has 0 atom stereocenters. The first kappa shape index (κ1) is 14.0. The molecule has 0 saturated heterocycles. The molecule has 0 heterocycles. The number of halogens is 4. The maximum atomic E-state index is 13.6. The molecular weight excluding hydrogens is 340 g/mol. The second kappa shape index (κ2) is 5.67. The molecule has 0 bridgehead atoms. The normalized spacial score (nSPS) is 10.3. The fraction of sp³-hybridized carbons (Fsp3) is 0. The van der Waals surface area contributed by atoms with Crippen LogP contribution < -0.4 is 5.32 Å². The van der Waals surface area contributed by atoms with Gasteiger partial charge in [0.25, 0.3) is 5.91 Å².